The highest BCUT2D eigenvalue weighted by Gasteiger charge is 2.26. The van der Waals surface area contributed by atoms with Crippen molar-refractivity contribution in [2.75, 3.05) is 6.61 Å². The van der Waals surface area contributed by atoms with Crippen molar-refractivity contribution in [3.05, 3.63) is 29.8 Å². The van der Waals surface area contributed by atoms with E-state index in [1.807, 2.05) is 25.1 Å². The maximum Gasteiger partial charge on any atom is 0.122 e. The maximum atomic E-state index is 10.1. The summed E-state index contributed by atoms with van der Waals surface area (Å²) in [5.74, 6) is 1.20. The van der Waals surface area contributed by atoms with Crippen LogP contribution in [0, 0.1) is 0 Å². The molecule has 0 heterocycles. The van der Waals surface area contributed by atoms with Gasteiger partial charge in [-0.15, -0.1) is 0 Å². The molecule has 1 fully saturated rings. The van der Waals surface area contributed by atoms with Crippen LogP contribution in [0.5, 0.6) is 5.75 Å². The van der Waals surface area contributed by atoms with Crippen LogP contribution in [0.15, 0.2) is 24.3 Å². The first-order valence-electron chi connectivity index (χ1n) is 6.22. The fraction of sp³-hybridized carbons (Fsp3) is 0.571. The number of hydrogen-bond donors (Lipinski definition) is 1. The molecule has 0 saturated heterocycles. The second kappa shape index (κ2) is 5.35. The minimum absolute atomic E-state index is 0.199. The van der Waals surface area contributed by atoms with Crippen LogP contribution < -0.4 is 4.74 Å². The highest BCUT2D eigenvalue weighted by molar-refractivity contribution is 5.37. The van der Waals surface area contributed by atoms with E-state index < -0.39 is 0 Å². The fourth-order valence-corrected chi connectivity index (χ4v) is 2.55. The topological polar surface area (TPSA) is 29.5 Å². The van der Waals surface area contributed by atoms with E-state index in [2.05, 4.69) is 6.07 Å². The molecule has 0 spiro atoms. The Morgan fingerprint density at radius 2 is 2.00 bits per heavy atom. The van der Waals surface area contributed by atoms with E-state index in [4.69, 9.17) is 4.74 Å². The summed E-state index contributed by atoms with van der Waals surface area (Å²) in [6.45, 7) is 2.67. The Hall–Kier alpha value is -1.02. The van der Waals surface area contributed by atoms with Gasteiger partial charge in [0.25, 0.3) is 0 Å². The molecule has 2 heteroatoms. The van der Waals surface area contributed by atoms with Crippen LogP contribution in [0.4, 0.5) is 0 Å². The zero-order valence-electron chi connectivity index (χ0n) is 9.86. The summed E-state index contributed by atoms with van der Waals surface area (Å²) in [7, 11) is 0. The van der Waals surface area contributed by atoms with Gasteiger partial charge in [0.05, 0.1) is 12.7 Å². The monoisotopic (exact) mass is 220 g/mol. The van der Waals surface area contributed by atoms with Crippen molar-refractivity contribution < 1.29 is 9.84 Å². The fourth-order valence-electron chi connectivity index (χ4n) is 2.55. The molecule has 0 aliphatic heterocycles. The Labute approximate surface area is 97.3 Å². The highest BCUT2D eigenvalue weighted by Crippen LogP contribution is 2.37. The Morgan fingerprint density at radius 1 is 1.25 bits per heavy atom. The van der Waals surface area contributed by atoms with Crippen molar-refractivity contribution in [1.82, 2.24) is 0 Å². The van der Waals surface area contributed by atoms with Gasteiger partial charge in [-0.3, -0.25) is 0 Å². The van der Waals surface area contributed by atoms with Gasteiger partial charge in [0.1, 0.15) is 5.75 Å². The van der Waals surface area contributed by atoms with Gasteiger partial charge >= 0.3 is 0 Å². The molecule has 2 unspecified atom stereocenters. The molecule has 1 aliphatic carbocycles. The van der Waals surface area contributed by atoms with Crippen LogP contribution in [-0.2, 0) is 0 Å². The van der Waals surface area contributed by atoms with Crippen LogP contribution in [0.1, 0.15) is 44.1 Å². The Balaban J connectivity index is 2.23. The minimum Gasteiger partial charge on any atom is -0.494 e. The van der Waals surface area contributed by atoms with E-state index in [0.29, 0.717) is 6.61 Å². The molecule has 1 aromatic carbocycles. The molecular formula is C14H20O2. The van der Waals surface area contributed by atoms with E-state index >= 15 is 0 Å². The summed E-state index contributed by atoms with van der Waals surface area (Å²) in [6.07, 6.45) is 4.16. The molecule has 1 aromatic rings. The molecule has 0 aromatic heterocycles. The highest BCUT2D eigenvalue weighted by atomic mass is 16.5. The van der Waals surface area contributed by atoms with E-state index in [9.17, 15) is 5.11 Å². The number of hydrogen-bond acceptors (Lipinski definition) is 2. The van der Waals surface area contributed by atoms with E-state index in [1.54, 1.807) is 0 Å². The van der Waals surface area contributed by atoms with Gasteiger partial charge in [-0.05, 0) is 31.4 Å². The molecule has 1 N–H and O–H groups in total. The normalized spacial score (nSPS) is 25.4. The molecule has 0 bridgehead atoms. The first-order valence-corrected chi connectivity index (χ1v) is 6.22. The molecular weight excluding hydrogens is 200 g/mol. The standard InChI is InChI=1S/C14H20O2/c1-2-16-14-10-6-4-8-12(14)11-7-3-5-9-13(11)15/h4,6,8,10-11,13,15H,2-3,5,7,9H2,1H3. The van der Waals surface area contributed by atoms with Crippen molar-refractivity contribution >= 4 is 0 Å². The number of benzene rings is 1. The van der Waals surface area contributed by atoms with Gasteiger partial charge in [-0.1, -0.05) is 31.0 Å². The van der Waals surface area contributed by atoms with Crippen molar-refractivity contribution in [3.8, 4) is 5.75 Å². The molecule has 0 amide bonds. The lowest BCUT2D eigenvalue weighted by atomic mass is 9.81. The summed E-state index contributed by atoms with van der Waals surface area (Å²) in [5.41, 5.74) is 1.18. The Kier molecular flexibility index (Phi) is 3.83. The van der Waals surface area contributed by atoms with Gasteiger partial charge in [-0.25, -0.2) is 0 Å². The molecule has 2 nitrogen and oxygen atoms in total. The molecule has 2 rings (SSSR count). The van der Waals surface area contributed by atoms with Crippen LogP contribution in [0.2, 0.25) is 0 Å². The molecule has 1 aliphatic rings. The summed E-state index contributed by atoms with van der Waals surface area (Å²) in [5, 5.41) is 10.1. The van der Waals surface area contributed by atoms with Gasteiger partial charge in [0.15, 0.2) is 0 Å². The smallest absolute Gasteiger partial charge is 0.122 e. The third-order valence-electron chi connectivity index (χ3n) is 3.35. The van der Waals surface area contributed by atoms with Gasteiger partial charge in [-0.2, -0.15) is 0 Å². The first-order chi connectivity index (χ1) is 7.83. The predicted molar refractivity (Wildman–Crippen MR) is 64.8 cm³/mol. The minimum atomic E-state index is -0.199. The van der Waals surface area contributed by atoms with E-state index in [-0.39, 0.29) is 12.0 Å². The zero-order valence-corrected chi connectivity index (χ0v) is 9.86. The number of para-hydroxylation sites is 1. The Bertz CT molecular complexity index is 335. The van der Waals surface area contributed by atoms with E-state index in [0.717, 1.165) is 25.0 Å². The average molecular weight is 220 g/mol. The second-order valence-corrected chi connectivity index (χ2v) is 4.43. The van der Waals surface area contributed by atoms with Crippen LogP contribution >= 0.6 is 0 Å². The second-order valence-electron chi connectivity index (χ2n) is 4.43. The lowest BCUT2D eigenvalue weighted by molar-refractivity contribution is 0.104. The van der Waals surface area contributed by atoms with Crippen molar-refractivity contribution in [2.24, 2.45) is 0 Å². The van der Waals surface area contributed by atoms with Crippen molar-refractivity contribution in [3.63, 3.8) is 0 Å². The first kappa shape index (κ1) is 11.5. The van der Waals surface area contributed by atoms with Crippen molar-refractivity contribution in [2.45, 2.75) is 44.6 Å². The molecule has 2 atom stereocenters. The van der Waals surface area contributed by atoms with Crippen LogP contribution in [-0.4, -0.2) is 17.8 Å². The lowest BCUT2D eigenvalue weighted by Crippen LogP contribution is -2.23. The Morgan fingerprint density at radius 3 is 2.75 bits per heavy atom. The third-order valence-corrected chi connectivity index (χ3v) is 3.35. The number of ether oxygens (including phenoxy) is 1. The lowest BCUT2D eigenvalue weighted by Gasteiger charge is -2.29. The number of aliphatic hydroxyl groups excluding tert-OH is 1. The van der Waals surface area contributed by atoms with Crippen LogP contribution in [0.3, 0.4) is 0 Å². The predicted octanol–water partition coefficient (Wildman–Crippen LogP) is 3.10. The quantitative estimate of drug-likeness (QED) is 0.848. The molecule has 1 saturated carbocycles. The van der Waals surface area contributed by atoms with Crippen LogP contribution in [0.25, 0.3) is 0 Å². The number of aliphatic hydroxyl groups is 1. The summed E-state index contributed by atoms with van der Waals surface area (Å²) in [6, 6.07) is 8.10. The number of rotatable bonds is 3. The maximum absolute atomic E-state index is 10.1. The third kappa shape index (κ3) is 2.38. The van der Waals surface area contributed by atoms with Gasteiger partial charge < -0.3 is 9.84 Å². The summed E-state index contributed by atoms with van der Waals surface area (Å²) >= 11 is 0. The van der Waals surface area contributed by atoms with Gasteiger partial charge in [0.2, 0.25) is 0 Å². The summed E-state index contributed by atoms with van der Waals surface area (Å²) in [4.78, 5) is 0. The largest absolute Gasteiger partial charge is 0.494 e. The molecule has 16 heavy (non-hydrogen) atoms. The average Bonchev–Trinajstić information content (AvgIpc) is 2.31. The molecule has 88 valence electrons. The van der Waals surface area contributed by atoms with Gasteiger partial charge in [0, 0.05) is 5.92 Å². The summed E-state index contributed by atoms with van der Waals surface area (Å²) < 4.78 is 5.63. The zero-order chi connectivity index (χ0) is 11.4. The van der Waals surface area contributed by atoms with E-state index in [1.165, 1.54) is 12.0 Å². The SMILES string of the molecule is CCOc1ccccc1C1CCCCC1O. The van der Waals surface area contributed by atoms with Crippen molar-refractivity contribution in [1.29, 1.82) is 0 Å². The molecule has 0 radical (unpaired) electrons.